The number of hydrogen-bond acceptors (Lipinski definition) is 5. The summed E-state index contributed by atoms with van der Waals surface area (Å²) in [6.07, 6.45) is -0.0779. The van der Waals surface area contributed by atoms with Crippen molar-refractivity contribution >= 4 is 5.91 Å². The van der Waals surface area contributed by atoms with Gasteiger partial charge in [0.25, 0.3) is 5.91 Å². The van der Waals surface area contributed by atoms with Crippen LogP contribution in [-0.2, 0) is 0 Å². The van der Waals surface area contributed by atoms with Crippen LogP contribution in [0.4, 0.5) is 0 Å². The molecule has 0 bridgehead atoms. The van der Waals surface area contributed by atoms with Crippen LogP contribution in [0.1, 0.15) is 22.5 Å². The van der Waals surface area contributed by atoms with Crippen molar-refractivity contribution in [3.05, 3.63) is 41.7 Å². The molecule has 6 heteroatoms. The first-order chi connectivity index (χ1) is 10.6. The number of β-amino-alcohol motifs (C(OH)–C–C–N with tert-alkyl or cyclic N) is 1. The lowest BCUT2D eigenvalue weighted by Crippen LogP contribution is -2.51. The fraction of sp³-hybridized carbons (Fsp3) is 0.375. The van der Waals surface area contributed by atoms with Crippen molar-refractivity contribution in [2.75, 3.05) is 13.1 Å². The summed E-state index contributed by atoms with van der Waals surface area (Å²) in [5.41, 5.74) is 7.69. The molecule has 1 fully saturated rings. The van der Waals surface area contributed by atoms with Gasteiger partial charge in [-0.1, -0.05) is 35.5 Å². The Hall–Kier alpha value is -2.18. The van der Waals surface area contributed by atoms with E-state index in [0.717, 1.165) is 5.56 Å². The van der Waals surface area contributed by atoms with E-state index in [4.69, 9.17) is 10.3 Å². The monoisotopic (exact) mass is 301 g/mol. The Bertz CT molecular complexity index is 659. The van der Waals surface area contributed by atoms with Crippen molar-refractivity contribution in [2.45, 2.75) is 25.5 Å². The third-order valence-electron chi connectivity index (χ3n) is 3.87. The number of hydrogen-bond donors (Lipinski definition) is 2. The normalized spacial score (nSPS) is 21.9. The molecule has 0 unspecified atom stereocenters. The van der Waals surface area contributed by atoms with Crippen molar-refractivity contribution in [2.24, 2.45) is 5.73 Å². The van der Waals surface area contributed by atoms with Crippen LogP contribution in [0.15, 0.2) is 34.9 Å². The number of likely N-dealkylation sites (tertiary alicyclic amines) is 1. The summed E-state index contributed by atoms with van der Waals surface area (Å²) in [6.45, 7) is 2.42. The molecular formula is C16H19N3O3. The Labute approximate surface area is 128 Å². The van der Waals surface area contributed by atoms with Crippen molar-refractivity contribution in [1.82, 2.24) is 10.1 Å². The molecule has 1 aliphatic rings. The minimum Gasteiger partial charge on any atom is -0.391 e. The molecule has 1 aromatic carbocycles. The third-order valence-corrected chi connectivity index (χ3v) is 3.87. The van der Waals surface area contributed by atoms with Crippen molar-refractivity contribution < 1.29 is 14.4 Å². The minimum atomic E-state index is -0.590. The van der Waals surface area contributed by atoms with E-state index in [9.17, 15) is 9.90 Å². The van der Waals surface area contributed by atoms with Gasteiger partial charge in [-0.2, -0.15) is 0 Å². The van der Waals surface area contributed by atoms with Gasteiger partial charge in [-0.25, -0.2) is 0 Å². The first kappa shape index (κ1) is 14.7. The van der Waals surface area contributed by atoms with Gasteiger partial charge in [0.05, 0.1) is 6.10 Å². The number of rotatable bonds is 2. The van der Waals surface area contributed by atoms with Gasteiger partial charge in [0, 0.05) is 24.7 Å². The Morgan fingerprint density at radius 2 is 2.09 bits per heavy atom. The second kappa shape index (κ2) is 5.90. The number of carbonyl (C=O) groups excluding carboxylic acids is 1. The zero-order valence-corrected chi connectivity index (χ0v) is 12.4. The zero-order chi connectivity index (χ0) is 15.7. The summed E-state index contributed by atoms with van der Waals surface area (Å²) < 4.78 is 5.22. The van der Waals surface area contributed by atoms with Crippen LogP contribution in [0.2, 0.25) is 0 Å². The number of aliphatic hydroxyl groups excluding tert-OH is 1. The number of nitrogens with zero attached hydrogens (tertiary/aromatic N) is 2. The summed E-state index contributed by atoms with van der Waals surface area (Å²) in [6, 6.07) is 9.21. The lowest BCUT2D eigenvalue weighted by Gasteiger charge is -2.33. The molecule has 1 aromatic heterocycles. The number of aromatic nitrogens is 1. The van der Waals surface area contributed by atoms with Crippen LogP contribution >= 0.6 is 0 Å². The second-order valence-electron chi connectivity index (χ2n) is 5.69. The molecule has 116 valence electrons. The molecule has 2 heterocycles. The van der Waals surface area contributed by atoms with Crippen molar-refractivity contribution in [3.8, 4) is 11.3 Å². The first-order valence-electron chi connectivity index (χ1n) is 7.31. The second-order valence-corrected chi connectivity index (χ2v) is 5.69. The fourth-order valence-electron chi connectivity index (χ4n) is 2.85. The fourth-order valence-corrected chi connectivity index (χ4v) is 2.85. The third kappa shape index (κ3) is 2.75. The number of nitrogens with two attached hydrogens (primary N) is 1. The molecule has 6 nitrogen and oxygen atoms in total. The minimum absolute atomic E-state index is 0.202. The quantitative estimate of drug-likeness (QED) is 0.869. The highest BCUT2D eigenvalue weighted by atomic mass is 16.5. The van der Waals surface area contributed by atoms with Crippen LogP contribution in [0.3, 0.4) is 0 Å². The van der Waals surface area contributed by atoms with Gasteiger partial charge in [-0.05, 0) is 13.3 Å². The van der Waals surface area contributed by atoms with Gasteiger partial charge < -0.3 is 20.3 Å². The van der Waals surface area contributed by atoms with E-state index in [1.165, 1.54) is 0 Å². The largest absolute Gasteiger partial charge is 0.391 e. The molecule has 1 aliphatic heterocycles. The van der Waals surface area contributed by atoms with Crippen LogP contribution in [-0.4, -0.2) is 46.3 Å². The predicted molar refractivity (Wildman–Crippen MR) is 81.2 cm³/mol. The smallest absolute Gasteiger partial charge is 0.259 e. The van der Waals surface area contributed by atoms with Crippen molar-refractivity contribution in [1.29, 1.82) is 0 Å². The number of aliphatic hydroxyl groups is 1. The van der Waals surface area contributed by atoms with Gasteiger partial charge in [0.15, 0.2) is 0 Å². The summed E-state index contributed by atoms with van der Waals surface area (Å²) in [7, 11) is 0. The number of piperidine rings is 1. The number of carbonyl (C=O) groups is 1. The highest BCUT2D eigenvalue weighted by Gasteiger charge is 2.31. The van der Waals surface area contributed by atoms with E-state index in [1.54, 1.807) is 11.8 Å². The molecule has 2 aromatic rings. The van der Waals surface area contributed by atoms with Crippen LogP contribution in [0.25, 0.3) is 11.3 Å². The molecular weight excluding hydrogens is 282 g/mol. The van der Waals surface area contributed by atoms with E-state index in [2.05, 4.69) is 5.16 Å². The van der Waals surface area contributed by atoms with Crippen LogP contribution in [0.5, 0.6) is 0 Å². The maximum Gasteiger partial charge on any atom is 0.259 e. The molecule has 0 radical (unpaired) electrons. The molecule has 1 amide bonds. The van der Waals surface area contributed by atoms with E-state index in [1.807, 2.05) is 30.3 Å². The lowest BCUT2D eigenvalue weighted by atomic mass is 10.0. The van der Waals surface area contributed by atoms with E-state index in [0.29, 0.717) is 30.0 Å². The number of amides is 1. The summed E-state index contributed by atoms with van der Waals surface area (Å²) >= 11 is 0. The highest BCUT2D eigenvalue weighted by molar-refractivity contribution is 6.00. The standard InChI is InChI=1S/C16H19N3O3/c1-10-14(15(18-22-10)11-5-3-2-4-6-11)16(21)19-8-12(17)7-13(20)9-19/h2-6,12-13,20H,7-9,17H2,1H3/t12-,13+/m0/s1. The number of aryl methyl sites for hydroxylation is 1. The molecule has 0 aliphatic carbocycles. The predicted octanol–water partition coefficient (Wildman–Crippen LogP) is 1.18. The summed E-state index contributed by atoms with van der Waals surface area (Å²) in [5, 5.41) is 13.9. The van der Waals surface area contributed by atoms with Crippen LogP contribution in [0, 0.1) is 6.92 Å². The first-order valence-corrected chi connectivity index (χ1v) is 7.31. The summed E-state index contributed by atoms with van der Waals surface area (Å²) in [5.74, 6) is 0.268. The molecule has 22 heavy (non-hydrogen) atoms. The zero-order valence-electron chi connectivity index (χ0n) is 12.4. The maximum atomic E-state index is 12.8. The van der Waals surface area contributed by atoms with Crippen molar-refractivity contribution in [3.63, 3.8) is 0 Å². The highest BCUT2D eigenvalue weighted by Crippen LogP contribution is 2.27. The van der Waals surface area contributed by atoms with Crippen LogP contribution < -0.4 is 5.73 Å². The average Bonchev–Trinajstić information content (AvgIpc) is 2.88. The topological polar surface area (TPSA) is 92.6 Å². The molecule has 0 saturated carbocycles. The Morgan fingerprint density at radius 1 is 1.36 bits per heavy atom. The number of benzene rings is 1. The van der Waals surface area contributed by atoms with Gasteiger partial charge in [-0.3, -0.25) is 4.79 Å². The van der Waals surface area contributed by atoms with Gasteiger partial charge in [0.1, 0.15) is 17.0 Å². The Balaban J connectivity index is 1.95. The van der Waals surface area contributed by atoms with Gasteiger partial charge in [-0.15, -0.1) is 0 Å². The Morgan fingerprint density at radius 3 is 2.77 bits per heavy atom. The van der Waals surface area contributed by atoms with Gasteiger partial charge >= 0.3 is 0 Å². The molecule has 0 spiro atoms. The average molecular weight is 301 g/mol. The molecule has 3 rings (SSSR count). The van der Waals surface area contributed by atoms with Gasteiger partial charge in [0.2, 0.25) is 0 Å². The SMILES string of the molecule is Cc1onc(-c2ccccc2)c1C(=O)N1C[C@@H](N)C[C@@H](O)C1. The van der Waals surface area contributed by atoms with E-state index >= 15 is 0 Å². The molecule has 2 atom stereocenters. The molecule has 1 saturated heterocycles. The van der Waals surface area contributed by atoms with E-state index in [-0.39, 0.29) is 18.5 Å². The maximum absolute atomic E-state index is 12.8. The van der Waals surface area contributed by atoms with E-state index < -0.39 is 6.10 Å². The summed E-state index contributed by atoms with van der Waals surface area (Å²) in [4.78, 5) is 14.4. The molecule has 3 N–H and O–H groups in total. The lowest BCUT2D eigenvalue weighted by molar-refractivity contribution is 0.0423. The Kier molecular flexibility index (Phi) is 3.96.